The van der Waals surface area contributed by atoms with Crippen LogP contribution in [0.1, 0.15) is 82.6 Å². The van der Waals surface area contributed by atoms with E-state index in [2.05, 4.69) is 61.6 Å². The zero-order chi connectivity index (χ0) is 24.8. The summed E-state index contributed by atoms with van der Waals surface area (Å²) in [5.74, 6) is -0.239. The van der Waals surface area contributed by atoms with Gasteiger partial charge in [0.15, 0.2) is 0 Å². The molecule has 2 N–H and O–H groups in total. The van der Waals surface area contributed by atoms with Crippen LogP contribution in [0.4, 0.5) is 0 Å². The number of carbonyl (C=O) groups is 1. The molecule has 1 heterocycles. The number of ether oxygens (including phenoxy) is 1. The lowest BCUT2D eigenvalue weighted by Crippen LogP contribution is -2.45. The van der Waals surface area contributed by atoms with Gasteiger partial charge in [-0.1, -0.05) is 65.9 Å². The molecule has 0 aromatic heterocycles. The molecule has 1 aliphatic heterocycles. The van der Waals surface area contributed by atoms with Crippen molar-refractivity contribution in [1.29, 1.82) is 0 Å². The van der Waals surface area contributed by atoms with Gasteiger partial charge in [-0.05, 0) is 90.0 Å². The maximum absolute atomic E-state index is 13.0. The number of benzene rings is 1. The quantitative estimate of drug-likeness (QED) is 0.177. The molecular weight excluding hydrogens is 616 g/mol. The molecule has 0 unspecified atom stereocenters. The first-order chi connectivity index (χ1) is 15.2. The van der Waals surface area contributed by atoms with Gasteiger partial charge in [-0.3, -0.25) is 0 Å². The Morgan fingerprint density at radius 3 is 2.36 bits per heavy atom. The first-order valence-corrected chi connectivity index (χ1v) is 14.3. The predicted octanol–water partition coefficient (Wildman–Crippen LogP) is 7.21. The highest BCUT2D eigenvalue weighted by Gasteiger charge is 2.45. The highest BCUT2D eigenvalue weighted by molar-refractivity contribution is 9.10. The first kappa shape index (κ1) is 27.2. The van der Waals surface area contributed by atoms with Crippen molar-refractivity contribution in [3.63, 3.8) is 0 Å². The number of halogens is 3. The van der Waals surface area contributed by atoms with Crippen molar-refractivity contribution in [2.75, 3.05) is 0 Å². The fourth-order valence-electron chi connectivity index (χ4n) is 5.01. The molecule has 5 atom stereocenters. The van der Waals surface area contributed by atoms with E-state index in [9.17, 15) is 15.0 Å². The second kappa shape index (κ2) is 9.94. The van der Waals surface area contributed by atoms with Crippen LogP contribution < -0.4 is 0 Å². The number of cyclic esters (lactones) is 1. The number of fused-ring (bicyclic) bond motifs is 3. The number of alkyl halides is 3. The van der Waals surface area contributed by atoms with E-state index in [1.54, 1.807) is 18.2 Å². The monoisotopic (exact) mass is 648 g/mol. The highest BCUT2D eigenvalue weighted by atomic mass is 79.9. The Morgan fingerprint density at radius 2 is 1.70 bits per heavy atom. The molecule has 0 radical (unpaired) electrons. The lowest BCUT2D eigenvalue weighted by molar-refractivity contribution is -0.00723. The van der Waals surface area contributed by atoms with E-state index in [1.165, 1.54) is 11.1 Å². The minimum atomic E-state index is -0.946. The van der Waals surface area contributed by atoms with Gasteiger partial charge in [0.2, 0.25) is 0 Å². The number of aliphatic hydroxyl groups is 1. The number of carbonyl (C=O) groups excluding carboxylic acids is 1. The topological polar surface area (TPSA) is 66.8 Å². The fraction of sp³-hybridized carbons (Fsp3) is 0.654. The van der Waals surface area contributed by atoms with Crippen LogP contribution in [0.3, 0.4) is 0 Å². The maximum Gasteiger partial charge on any atom is 0.338 e. The zero-order valence-corrected chi connectivity index (χ0v) is 24.8. The summed E-state index contributed by atoms with van der Waals surface area (Å²) >= 11 is 11.5. The van der Waals surface area contributed by atoms with Crippen LogP contribution in [-0.2, 0) is 11.2 Å². The lowest BCUT2D eigenvalue weighted by Gasteiger charge is -2.45. The summed E-state index contributed by atoms with van der Waals surface area (Å²) in [7, 11) is 0. The van der Waals surface area contributed by atoms with Crippen molar-refractivity contribution < 1.29 is 19.7 Å². The SMILES string of the molecule is CC1=C2Cc3cc(ccc3O)C(=O)OC(C)(C)[C@H](Br)CC[C@](C)(O)[C@H](Br)C[C@]2(C)[C@@H](Br)CC1. The van der Waals surface area contributed by atoms with Crippen LogP contribution in [0.15, 0.2) is 29.3 Å². The molecule has 184 valence electrons. The Morgan fingerprint density at radius 1 is 1.03 bits per heavy atom. The maximum atomic E-state index is 13.0. The molecule has 0 fully saturated rings. The summed E-state index contributed by atoms with van der Waals surface area (Å²) in [5.41, 5.74) is 1.77. The number of hydrogen-bond donors (Lipinski definition) is 2. The number of allylic oxidation sites excluding steroid dienone is 2. The molecule has 0 amide bonds. The summed E-state index contributed by atoms with van der Waals surface area (Å²) < 4.78 is 5.88. The van der Waals surface area contributed by atoms with Gasteiger partial charge < -0.3 is 14.9 Å². The summed E-state index contributed by atoms with van der Waals surface area (Å²) in [6.45, 7) is 10.0. The second-order valence-electron chi connectivity index (χ2n) is 10.7. The normalized spacial score (nSPS) is 35.8. The standard InChI is InChI=1S/C26H35Br3O4/c1-15-6-9-21(28)25(4)14-22(29)26(5,32)11-10-20(27)24(2,3)33-23(31)16-7-8-19(30)17(12-16)13-18(15)25/h7-8,12,20-22,30,32H,6,9-11,13-14H2,1-5H3/t20-,21+,22-,25+,26+/m1/s1. The van der Waals surface area contributed by atoms with Gasteiger partial charge in [0.25, 0.3) is 0 Å². The average Bonchev–Trinajstić information content (AvgIpc) is 2.72. The zero-order valence-electron chi connectivity index (χ0n) is 20.1. The minimum absolute atomic E-state index is 0.131. The molecule has 1 aromatic carbocycles. The Labute approximate surface area is 222 Å². The molecule has 3 rings (SSSR count). The van der Waals surface area contributed by atoms with E-state index in [0.29, 0.717) is 30.4 Å². The highest BCUT2D eigenvalue weighted by Crippen LogP contribution is 2.51. The Balaban J connectivity index is 2.13. The summed E-state index contributed by atoms with van der Waals surface area (Å²) in [6, 6.07) is 4.96. The van der Waals surface area contributed by atoms with Crippen molar-refractivity contribution >= 4 is 53.8 Å². The van der Waals surface area contributed by atoms with E-state index in [-0.39, 0.29) is 25.6 Å². The summed E-state index contributed by atoms with van der Waals surface area (Å²) in [5, 5.41) is 22.1. The third-order valence-corrected chi connectivity index (χ3v) is 12.0. The minimum Gasteiger partial charge on any atom is -0.508 e. The van der Waals surface area contributed by atoms with Crippen LogP contribution in [-0.4, -0.2) is 41.9 Å². The molecule has 4 nitrogen and oxygen atoms in total. The predicted molar refractivity (Wildman–Crippen MR) is 144 cm³/mol. The molecule has 7 heteroatoms. The van der Waals surface area contributed by atoms with E-state index < -0.39 is 17.2 Å². The van der Waals surface area contributed by atoms with E-state index >= 15 is 0 Å². The van der Waals surface area contributed by atoms with Gasteiger partial charge in [-0.25, -0.2) is 4.79 Å². The van der Waals surface area contributed by atoms with Crippen molar-refractivity contribution in [3.05, 3.63) is 40.5 Å². The van der Waals surface area contributed by atoms with Gasteiger partial charge in [0.05, 0.1) is 16.0 Å². The largest absolute Gasteiger partial charge is 0.508 e. The van der Waals surface area contributed by atoms with Gasteiger partial charge in [-0.15, -0.1) is 0 Å². The van der Waals surface area contributed by atoms with E-state index in [1.807, 2.05) is 20.8 Å². The van der Waals surface area contributed by atoms with E-state index in [4.69, 9.17) is 4.74 Å². The molecular formula is C26H35Br3O4. The van der Waals surface area contributed by atoms with Gasteiger partial charge >= 0.3 is 5.97 Å². The Bertz CT molecular complexity index is 939. The summed E-state index contributed by atoms with van der Waals surface area (Å²) in [6.07, 6.45) is 4.48. The number of hydrogen-bond acceptors (Lipinski definition) is 4. The van der Waals surface area contributed by atoms with Crippen molar-refractivity contribution in [2.24, 2.45) is 5.41 Å². The number of aromatic hydroxyl groups is 1. The lowest BCUT2D eigenvalue weighted by atomic mass is 9.65. The van der Waals surface area contributed by atoms with Gasteiger partial charge in [0, 0.05) is 15.1 Å². The van der Waals surface area contributed by atoms with Gasteiger partial charge in [-0.2, -0.15) is 0 Å². The molecule has 33 heavy (non-hydrogen) atoms. The molecule has 1 aliphatic carbocycles. The van der Waals surface area contributed by atoms with E-state index in [0.717, 1.165) is 19.3 Å². The van der Waals surface area contributed by atoms with Crippen LogP contribution in [0.2, 0.25) is 0 Å². The second-order valence-corrected chi connectivity index (χ2v) is 14.0. The fourth-order valence-corrected chi connectivity index (χ4v) is 6.93. The Hall–Kier alpha value is -0.370. The smallest absolute Gasteiger partial charge is 0.338 e. The van der Waals surface area contributed by atoms with Crippen molar-refractivity contribution in [3.8, 4) is 5.75 Å². The number of phenols is 1. The van der Waals surface area contributed by atoms with Gasteiger partial charge in [0.1, 0.15) is 11.4 Å². The third-order valence-electron chi connectivity index (χ3n) is 7.64. The van der Waals surface area contributed by atoms with Crippen molar-refractivity contribution in [1.82, 2.24) is 0 Å². The Kier molecular flexibility index (Phi) is 8.20. The molecule has 0 spiro atoms. The van der Waals surface area contributed by atoms with Crippen LogP contribution >= 0.6 is 47.8 Å². The van der Waals surface area contributed by atoms with Crippen LogP contribution in [0.5, 0.6) is 5.75 Å². The number of phenolic OH excluding ortho intramolecular Hbond substituents is 1. The first-order valence-electron chi connectivity index (χ1n) is 11.6. The molecule has 0 saturated carbocycles. The third kappa shape index (κ3) is 5.73. The molecule has 0 saturated heterocycles. The van der Waals surface area contributed by atoms with Crippen LogP contribution in [0, 0.1) is 5.41 Å². The average molecular weight is 651 g/mol. The molecule has 2 aliphatic rings. The molecule has 2 bridgehead atoms. The summed E-state index contributed by atoms with van der Waals surface area (Å²) in [4.78, 5) is 13.0. The number of rotatable bonds is 0. The van der Waals surface area contributed by atoms with Crippen LogP contribution in [0.25, 0.3) is 0 Å². The molecule has 1 aromatic rings. The number of esters is 1. The van der Waals surface area contributed by atoms with Crippen molar-refractivity contribution in [2.45, 2.75) is 98.8 Å².